The SMILES string of the molecule is O=C(CCc1ccncc1)N1CCC[C@@H](c2nccn2CC2CC2)C1. The van der Waals surface area contributed by atoms with Crippen molar-refractivity contribution in [1.29, 1.82) is 0 Å². The third kappa shape index (κ3) is 4.09. The van der Waals surface area contributed by atoms with Gasteiger partial charge < -0.3 is 9.47 Å². The van der Waals surface area contributed by atoms with Gasteiger partial charge >= 0.3 is 0 Å². The molecule has 1 saturated heterocycles. The zero-order chi connectivity index (χ0) is 17.1. The van der Waals surface area contributed by atoms with Crippen LogP contribution in [0, 0.1) is 5.92 Å². The number of likely N-dealkylation sites (tertiary alicyclic amines) is 1. The van der Waals surface area contributed by atoms with E-state index in [1.807, 2.05) is 23.2 Å². The third-order valence-electron chi connectivity index (χ3n) is 5.42. The Morgan fingerprint density at radius 3 is 2.80 bits per heavy atom. The van der Waals surface area contributed by atoms with E-state index in [1.165, 1.54) is 24.2 Å². The van der Waals surface area contributed by atoms with Crippen molar-refractivity contribution in [3.8, 4) is 0 Å². The van der Waals surface area contributed by atoms with Crippen LogP contribution in [0.4, 0.5) is 0 Å². The largest absolute Gasteiger partial charge is 0.342 e. The Hall–Kier alpha value is -2.17. The lowest BCUT2D eigenvalue weighted by atomic mass is 9.96. The number of hydrogen-bond acceptors (Lipinski definition) is 3. The van der Waals surface area contributed by atoms with Crippen molar-refractivity contribution in [2.24, 2.45) is 5.92 Å². The molecule has 2 aromatic rings. The number of hydrogen-bond donors (Lipinski definition) is 0. The van der Waals surface area contributed by atoms with Crippen LogP contribution in [0.25, 0.3) is 0 Å². The van der Waals surface area contributed by atoms with E-state index >= 15 is 0 Å². The topological polar surface area (TPSA) is 51.0 Å². The molecule has 2 fully saturated rings. The van der Waals surface area contributed by atoms with Crippen molar-refractivity contribution in [2.45, 2.75) is 51.0 Å². The van der Waals surface area contributed by atoms with Crippen molar-refractivity contribution in [3.05, 3.63) is 48.3 Å². The molecule has 0 aromatic carbocycles. The summed E-state index contributed by atoms with van der Waals surface area (Å²) in [5.41, 5.74) is 1.18. The van der Waals surface area contributed by atoms with E-state index in [0.717, 1.165) is 44.8 Å². The number of amides is 1. The molecule has 3 heterocycles. The maximum atomic E-state index is 12.6. The fourth-order valence-electron chi connectivity index (χ4n) is 3.79. The van der Waals surface area contributed by atoms with Crippen molar-refractivity contribution >= 4 is 5.91 Å². The van der Waals surface area contributed by atoms with Gasteiger partial charge in [-0.3, -0.25) is 9.78 Å². The predicted octanol–water partition coefficient (Wildman–Crippen LogP) is 3.03. The minimum atomic E-state index is 0.266. The van der Waals surface area contributed by atoms with Gasteiger partial charge in [-0.05, 0) is 55.7 Å². The quantitative estimate of drug-likeness (QED) is 0.813. The molecule has 0 N–H and O–H groups in total. The predicted molar refractivity (Wildman–Crippen MR) is 96.1 cm³/mol. The first-order chi connectivity index (χ1) is 12.3. The molecule has 1 aliphatic carbocycles. The lowest BCUT2D eigenvalue weighted by Crippen LogP contribution is -2.39. The van der Waals surface area contributed by atoms with Crippen LogP contribution in [0.2, 0.25) is 0 Å². The molecule has 0 unspecified atom stereocenters. The Kier molecular flexibility index (Phi) is 4.81. The van der Waals surface area contributed by atoms with Gasteiger partial charge in [0, 0.05) is 56.8 Å². The zero-order valence-corrected chi connectivity index (χ0v) is 14.7. The number of carbonyl (C=O) groups is 1. The summed E-state index contributed by atoms with van der Waals surface area (Å²) in [5.74, 6) is 2.67. The highest BCUT2D eigenvalue weighted by atomic mass is 16.2. The number of nitrogens with zero attached hydrogens (tertiary/aromatic N) is 4. The fourth-order valence-corrected chi connectivity index (χ4v) is 3.79. The van der Waals surface area contributed by atoms with Gasteiger partial charge in [0.1, 0.15) is 5.82 Å². The van der Waals surface area contributed by atoms with E-state index in [4.69, 9.17) is 0 Å². The molecule has 5 nitrogen and oxygen atoms in total. The average Bonchev–Trinajstić information content (AvgIpc) is 3.35. The summed E-state index contributed by atoms with van der Waals surface area (Å²) in [7, 11) is 0. The molecule has 1 atom stereocenters. The Morgan fingerprint density at radius 1 is 1.16 bits per heavy atom. The maximum Gasteiger partial charge on any atom is 0.222 e. The number of pyridine rings is 1. The van der Waals surface area contributed by atoms with Crippen molar-refractivity contribution < 1.29 is 4.79 Å². The van der Waals surface area contributed by atoms with Crippen LogP contribution >= 0.6 is 0 Å². The van der Waals surface area contributed by atoms with Gasteiger partial charge in [-0.1, -0.05) is 0 Å². The molecule has 1 saturated carbocycles. The first kappa shape index (κ1) is 16.3. The van der Waals surface area contributed by atoms with Crippen molar-refractivity contribution in [1.82, 2.24) is 19.4 Å². The molecule has 25 heavy (non-hydrogen) atoms. The second-order valence-electron chi connectivity index (χ2n) is 7.42. The van der Waals surface area contributed by atoms with Crippen LogP contribution in [-0.4, -0.2) is 38.4 Å². The highest BCUT2D eigenvalue weighted by molar-refractivity contribution is 5.76. The van der Waals surface area contributed by atoms with Crippen LogP contribution in [0.15, 0.2) is 36.9 Å². The lowest BCUT2D eigenvalue weighted by Gasteiger charge is -2.33. The molecular formula is C20H26N4O. The van der Waals surface area contributed by atoms with Crippen LogP contribution < -0.4 is 0 Å². The molecule has 0 radical (unpaired) electrons. The number of rotatable bonds is 6. The van der Waals surface area contributed by atoms with Crippen molar-refractivity contribution in [3.63, 3.8) is 0 Å². The second-order valence-corrected chi connectivity index (χ2v) is 7.42. The van der Waals surface area contributed by atoms with E-state index < -0.39 is 0 Å². The summed E-state index contributed by atoms with van der Waals surface area (Å²) in [4.78, 5) is 23.3. The molecule has 5 heteroatoms. The van der Waals surface area contributed by atoms with Gasteiger partial charge in [0.2, 0.25) is 5.91 Å². The Bertz CT molecular complexity index is 707. The smallest absolute Gasteiger partial charge is 0.222 e. The third-order valence-corrected chi connectivity index (χ3v) is 5.42. The average molecular weight is 338 g/mol. The van der Waals surface area contributed by atoms with Gasteiger partial charge in [0.15, 0.2) is 0 Å². The monoisotopic (exact) mass is 338 g/mol. The molecule has 4 rings (SSSR count). The number of aryl methyl sites for hydroxylation is 1. The van der Waals surface area contributed by atoms with Gasteiger partial charge in [0.05, 0.1) is 0 Å². The van der Waals surface area contributed by atoms with Gasteiger partial charge in [-0.2, -0.15) is 0 Å². The Labute approximate surface area is 149 Å². The standard InChI is InChI=1S/C20H26N4O/c25-19(6-5-16-7-9-21-10-8-16)23-12-1-2-18(15-23)20-22-11-13-24(20)14-17-3-4-17/h7-11,13,17-18H,1-6,12,14-15H2/t18-/m1/s1. The zero-order valence-electron chi connectivity index (χ0n) is 14.7. The summed E-state index contributed by atoms with van der Waals surface area (Å²) < 4.78 is 2.33. The van der Waals surface area contributed by atoms with Gasteiger partial charge in [0.25, 0.3) is 0 Å². The fraction of sp³-hybridized carbons (Fsp3) is 0.550. The summed E-state index contributed by atoms with van der Waals surface area (Å²) in [6, 6.07) is 3.97. The number of carbonyl (C=O) groups excluding carboxylic acids is 1. The van der Waals surface area contributed by atoms with E-state index in [1.54, 1.807) is 12.4 Å². The van der Waals surface area contributed by atoms with Crippen LogP contribution in [0.3, 0.4) is 0 Å². The van der Waals surface area contributed by atoms with E-state index in [-0.39, 0.29) is 5.91 Å². The molecule has 0 spiro atoms. The minimum absolute atomic E-state index is 0.266. The normalized spacial score (nSPS) is 20.6. The summed E-state index contributed by atoms with van der Waals surface area (Å²) in [6.45, 7) is 2.80. The minimum Gasteiger partial charge on any atom is -0.342 e. The van der Waals surface area contributed by atoms with E-state index in [9.17, 15) is 4.79 Å². The van der Waals surface area contributed by atoms with Gasteiger partial charge in [-0.15, -0.1) is 0 Å². The number of imidazole rings is 1. The van der Waals surface area contributed by atoms with E-state index in [2.05, 4.69) is 20.7 Å². The summed E-state index contributed by atoms with van der Waals surface area (Å²) in [5, 5.41) is 0. The Balaban J connectivity index is 1.35. The lowest BCUT2D eigenvalue weighted by molar-refractivity contribution is -0.132. The molecular weight excluding hydrogens is 312 g/mol. The highest BCUT2D eigenvalue weighted by Crippen LogP contribution is 2.33. The molecule has 0 bridgehead atoms. The molecule has 1 aliphatic heterocycles. The second kappa shape index (κ2) is 7.38. The first-order valence-electron chi connectivity index (χ1n) is 9.47. The first-order valence-corrected chi connectivity index (χ1v) is 9.47. The number of piperidine rings is 1. The summed E-state index contributed by atoms with van der Waals surface area (Å²) >= 11 is 0. The van der Waals surface area contributed by atoms with E-state index in [0.29, 0.717) is 12.3 Å². The highest BCUT2D eigenvalue weighted by Gasteiger charge is 2.29. The van der Waals surface area contributed by atoms with Gasteiger partial charge in [-0.25, -0.2) is 4.98 Å². The van der Waals surface area contributed by atoms with Crippen LogP contribution in [0.5, 0.6) is 0 Å². The maximum absolute atomic E-state index is 12.6. The molecule has 2 aliphatic rings. The summed E-state index contributed by atoms with van der Waals surface area (Å²) in [6.07, 6.45) is 13.9. The Morgan fingerprint density at radius 2 is 2.00 bits per heavy atom. The van der Waals surface area contributed by atoms with Crippen LogP contribution in [-0.2, 0) is 17.8 Å². The molecule has 1 amide bonds. The number of aromatic nitrogens is 3. The van der Waals surface area contributed by atoms with Crippen molar-refractivity contribution in [2.75, 3.05) is 13.1 Å². The molecule has 132 valence electrons. The molecule has 2 aromatic heterocycles. The van der Waals surface area contributed by atoms with Crippen LogP contribution in [0.1, 0.15) is 49.4 Å².